The molecule has 0 unspecified atom stereocenters. The van der Waals surface area contributed by atoms with E-state index in [9.17, 15) is 4.39 Å². The number of halogens is 1. The summed E-state index contributed by atoms with van der Waals surface area (Å²) in [5.74, 6) is 2.01. The van der Waals surface area contributed by atoms with Gasteiger partial charge in [0.2, 0.25) is 0 Å². The topological polar surface area (TPSA) is 9.23 Å². The average molecular weight is 248 g/mol. The van der Waals surface area contributed by atoms with Gasteiger partial charge in [-0.1, -0.05) is 18.2 Å². The van der Waals surface area contributed by atoms with E-state index in [4.69, 9.17) is 4.74 Å². The van der Waals surface area contributed by atoms with Crippen LogP contribution in [0.5, 0.6) is 5.75 Å². The zero-order valence-corrected chi connectivity index (χ0v) is 10.9. The highest BCUT2D eigenvalue weighted by atomic mass is 19.1. The zero-order chi connectivity index (χ0) is 12.8. The second-order valence-corrected chi connectivity index (χ2v) is 4.93. The van der Waals surface area contributed by atoms with Crippen molar-refractivity contribution >= 4 is 0 Å². The van der Waals surface area contributed by atoms with Crippen LogP contribution in [-0.2, 0) is 0 Å². The van der Waals surface area contributed by atoms with E-state index < -0.39 is 0 Å². The lowest BCUT2D eigenvalue weighted by Gasteiger charge is -2.26. The largest absolute Gasteiger partial charge is 0.494 e. The Labute approximate surface area is 109 Å². The molecule has 0 spiro atoms. The Morgan fingerprint density at radius 1 is 1.17 bits per heavy atom. The highest BCUT2D eigenvalue weighted by Gasteiger charge is 2.20. The average Bonchev–Trinajstić information content (AvgIpc) is 2.41. The van der Waals surface area contributed by atoms with Gasteiger partial charge in [-0.3, -0.25) is 0 Å². The third-order valence-electron chi connectivity index (χ3n) is 3.78. The zero-order valence-electron chi connectivity index (χ0n) is 10.9. The number of benzene rings is 1. The van der Waals surface area contributed by atoms with E-state index >= 15 is 0 Å². The maximum atomic E-state index is 12.1. The van der Waals surface area contributed by atoms with Crippen LogP contribution in [0.4, 0.5) is 4.39 Å². The SMILES string of the molecule is CCOc1ccc(C2CCC(C=CF)CC2)cc1. The predicted molar refractivity (Wildman–Crippen MR) is 72.6 cm³/mol. The summed E-state index contributed by atoms with van der Waals surface area (Å²) >= 11 is 0. The first-order valence-corrected chi connectivity index (χ1v) is 6.83. The minimum absolute atomic E-state index is 0.439. The Morgan fingerprint density at radius 2 is 1.83 bits per heavy atom. The van der Waals surface area contributed by atoms with Crippen molar-refractivity contribution in [1.29, 1.82) is 0 Å². The molecule has 1 aliphatic rings. The highest BCUT2D eigenvalue weighted by molar-refractivity contribution is 5.29. The fourth-order valence-electron chi connectivity index (χ4n) is 2.75. The van der Waals surface area contributed by atoms with Crippen LogP contribution in [0.15, 0.2) is 36.7 Å². The lowest BCUT2D eigenvalue weighted by molar-refractivity contribution is 0.339. The number of hydrogen-bond donors (Lipinski definition) is 0. The maximum Gasteiger partial charge on any atom is 0.119 e. The Morgan fingerprint density at radius 3 is 2.39 bits per heavy atom. The van der Waals surface area contributed by atoms with E-state index in [0.29, 0.717) is 24.8 Å². The summed E-state index contributed by atoms with van der Waals surface area (Å²) in [6.45, 7) is 2.70. The molecule has 0 radical (unpaired) electrons. The molecule has 0 aromatic heterocycles. The molecule has 1 nitrogen and oxygen atoms in total. The third kappa shape index (κ3) is 3.34. The normalized spacial score (nSPS) is 24.3. The first-order chi connectivity index (χ1) is 8.83. The van der Waals surface area contributed by atoms with Gasteiger partial charge in [-0.15, -0.1) is 0 Å². The molecule has 1 fully saturated rings. The number of allylic oxidation sites excluding steroid dienone is 1. The lowest BCUT2D eigenvalue weighted by atomic mass is 9.79. The number of rotatable bonds is 4. The minimum Gasteiger partial charge on any atom is -0.494 e. The summed E-state index contributed by atoms with van der Waals surface area (Å²) in [7, 11) is 0. The molecule has 0 aliphatic heterocycles. The van der Waals surface area contributed by atoms with Crippen LogP contribution >= 0.6 is 0 Å². The molecular weight excluding hydrogens is 227 g/mol. The summed E-state index contributed by atoms with van der Waals surface area (Å²) in [5, 5.41) is 0. The Hall–Kier alpha value is -1.31. The van der Waals surface area contributed by atoms with Crippen molar-refractivity contribution in [3.05, 3.63) is 42.2 Å². The van der Waals surface area contributed by atoms with Gasteiger partial charge in [-0.2, -0.15) is 0 Å². The van der Waals surface area contributed by atoms with Gasteiger partial charge in [0.05, 0.1) is 12.9 Å². The molecule has 1 aromatic carbocycles. The second kappa shape index (κ2) is 6.58. The monoisotopic (exact) mass is 248 g/mol. The second-order valence-electron chi connectivity index (χ2n) is 4.93. The van der Waals surface area contributed by atoms with Crippen LogP contribution in [0.1, 0.15) is 44.1 Å². The molecule has 0 heterocycles. The first-order valence-electron chi connectivity index (χ1n) is 6.83. The summed E-state index contributed by atoms with van der Waals surface area (Å²) in [6, 6.07) is 8.43. The molecule has 0 bridgehead atoms. The maximum absolute atomic E-state index is 12.1. The van der Waals surface area contributed by atoms with Gasteiger partial charge in [0, 0.05) is 0 Å². The lowest BCUT2D eigenvalue weighted by Crippen LogP contribution is -2.11. The van der Waals surface area contributed by atoms with E-state index in [1.54, 1.807) is 6.08 Å². The standard InChI is InChI=1S/C16H21FO/c1-2-18-16-9-7-15(8-10-16)14-5-3-13(4-6-14)11-12-17/h7-14H,2-6H2,1H3. The summed E-state index contributed by atoms with van der Waals surface area (Å²) < 4.78 is 17.6. The molecule has 1 aromatic rings. The quantitative estimate of drug-likeness (QED) is 0.740. The molecule has 98 valence electrons. The van der Waals surface area contributed by atoms with Gasteiger partial charge in [0.1, 0.15) is 5.75 Å². The van der Waals surface area contributed by atoms with Crippen molar-refractivity contribution in [1.82, 2.24) is 0 Å². The van der Waals surface area contributed by atoms with Crippen molar-refractivity contribution in [3.8, 4) is 5.75 Å². The Balaban J connectivity index is 1.92. The van der Waals surface area contributed by atoms with Crippen molar-refractivity contribution in [2.75, 3.05) is 6.61 Å². The molecule has 2 heteroatoms. The van der Waals surface area contributed by atoms with Crippen LogP contribution in [0.3, 0.4) is 0 Å². The van der Waals surface area contributed by atoms with Crippen molar-refractivity contribution in [2.45, 2.75) is 38.5 Å². The summed E-state index contributed by atoms with van der Waals surface area (Å²) in [4.78, 5) is 0. The molecule has 18 heavy (non-hydrogen) atoms. The Bertz CT molecular complexity index is 375. The molecule has 0 atom stereocenters. The minimum atomic E-state index is 0.439. The van der Waals surface area contributed by atoms with E-state index in [1.165, 1.54) is 5.56 Å². The van der Waals surface area contributed by atoms with Gasteiger partial charge in [-0.05, 0) is 62.1 Å². The van der Waals surface area contributed by atoms with Gasteiger partial charge >= 0.3 is 0 Å². The molecule has 0 saturated heterocycles. The molecule has 0 N–H and O–H groups in total. The fourth-order valence-corrected chi connectivity index (χ4v) is 2.75. The number of hydrogen-bond acceptors (Lipinski definition) is 1. The third-order valence-corrected chi connectivity index (χ3v) is 3.78. The fraction of sp³-hybridized carbons (Fsp3) is 0.500. The van der Waals surface area contributed by atoms with Crippen LogP contribution < -0.4 is 4.74 Å². The van der Waals surface area contributed by atoms with E-state index in [-0.39, 0.29) is 0 Å². The van der Waals surface area contributed by atoms with E-state index in [0.717, 1.165) is 31.4 Å². The molecule has 1 aliphatic carbocycles. The Kier molecular flexibility index (Phi) is 4.80. The van der Waals surface area contributed by atoms with Gasteiger partial charge in [-0.25, -0.2) is 4.39 Å². The van der Waals surface area contributed by atoms with Gasteiger partial charge in [0.25, 0.3) is 0 Å². The van der Waals surface area contributed by atoms with Crippen molar-refractivity contribution < 1.29 is 9.13 Å². The van der Waals surface area contributed by atoms with Gasteiger partial charge in [0.15, 0.2) is 0 Å². The van der Waals surface area contributed by atoms with Crippen molar-refractivity contribution in [3.63, 3.8) is 0 Å². The van der Waals surface area contributed by atoms with Gasteiger partial charge < -0.3 is 4.74 Å². The van der Waals surface area contributed by atoms with Crippen molar-refractivity contribution in [2.24, 2.45) is 5.92 Å². The van der Waals surface area contributed by atoms with Crippen LogP contribution in [0, 0.1) is 5.92 Å². The smallest absolute Gasteiger partial charge is 0.119 e. The summed E-state index contributed by atoms with van der Waals surface area (Å²) in [5.41, 5.74) is 1.39. The summed E-state index contributed by atoms with van der Waals surface area (Å²) in [6.07, 6.45) is 6.90. The predicted octanol–water partition coefficient (Wildman–Crippen LogP) is 4.84. The molecule has 0 amide bonds. The first kappa shape index (κ1) is 13.1. The molecule has 2 rings (SSSR count). The number of ether oxygens (including phenoxy) is 1. The van der Waals surface area contributed by atoms with E-state index in [2.05, 4.69) is 12.1 Å². The molecular formula is C16H21FO. The van der Waals surface area contributed by atoms with Crippen LogP contribution in [-0.4, -0.2) is 6.61 Å². The van der Waals surface area contributed by atoms with Crippen LogP contribution in [0.2, 0.25) is 0 Å². The molecule has 1 saturated carbocycles. The highest BCUT2D eigenvalue weighted by Crippen LogP contribution is 2.36. The van der Waals surface area contributed by atoms with E-state index in [1.807, 2.05) is 19.1 Å². The van der Waals surface area contributed by atoms with Crippen LogP contribution in [0.25, 0.3) is 0 Å².